The van der Waals surface area contributed by atoms with Crippen molar-refractivity contribution >= 4 is 12.2 Å². The maximum Gasteiger partial charge on any atom is 0.284 e. The van der Waals surface area contributed by atoms with Crippen LogP contribution in [0, 0.1) is 4.84 Å². The average Bonchev–Trinajstić information content (AvgIpc) is 3.09. The normalized spacial score (nSPS) is 10.7. The predicted molar refractivity (Wildman–Crippen MR) is 93.6 cm³/mol. The summed E-state index contributed by atoms with van der Waals surface area (Å²) in [5.41, 5.74) is 3.58. The van der Waals surface area contributed by atoms with Crippen molar-refractivity contribution < 1.29 is 4.42 Å². The molecule has 0 bridgehead atoms. The van der Waals surface area contributed by atoms with Gasteiger partial charge in [-0.3, -0.25) is 0 Å². The van der Waals surface area contributed by atoms with Crippen molar-refractivity contribution in [2.75, 3.05) is 0 Å². The summed E-state index contributed by atoms with van der Waals surface area (Å²) in [5.74, 6) is 0.664. The molecular weight excluding hydrogens is 320 g/mol. The highest BCUT2D eigenvalue weighted by Gasteiger charge is 2.13. The number of rotatable bonds is 3. The van der Waals surface area contributed by atoms with Gasteiger partial charge in [-0.25, -0.2) is 15.1 Å². The lowest BCUT2D eigenvalue weighted by molar-refractivity contribution is 0.547. The molecule has 6 heteroatoms. The Morgan fingerprint density at radius 3 is 1.79 bits per heavy atom. The first-order valence-electron chi connectivity index (χ1n) is 7.35. The quantitative estimate of drug-likeness (QED) is 0.559. The number of nitrogens with zero attached hydrogens (tertiary/aromatic N) is 3. The van der Waals surface area contributed by atoms with Crippen molar-refractivity contribution in [2.24, 2.45) is 0 Å². The Balaban J connectivity index is 1.93. The second-order valence-electron chi connectivity index (χ2n) is 5.11. The van der Waals surface area contributed by atoms with Crippen molar-refractivity contribution in [3.8, 4) is 34.2 Å². The summed E-state index contributed by atoms with van der Waals surface area (Å²) >= 11 is 4.95. The van der Waals surface area contributed by atoms with Crippen LogP contribution in [0.1, 0.15) is 0 Å². The molecule has 0 saturated heterocycles. The Labute approximate surface area is 143 Å². The van der Waals surface area contributed by atoms with Gasteiger partial charge in [0, 0.05) is 11.1 Å². The maximum absolute atomic E-state index is 5.37. The lowest BCUT2D eigenvalue weighted by atomic mass is 10.1. The van der Waals surface area contributed by atoms with Crippen LogP contribution in [-0.4, -0.2) is 20.2 Å². The number of hydrogen-bond acceptors (Lipinski definition) is 5. The van der Waals surface area contributed by atoms with Gasteiger partial charge in [0.15, 0.2) is 0 Å². The number of H-pyrrole nitrogens is 1. The van der Waals surface area contributed by atoms with Crippen LogP contribution in [0.15, 0.2) is 71.1 Å². The molecule has 0 fully saturated rings. The van der Waals surface area contributed by atoms with E-state index in [9.17, 15) is 0 Å². The fourth-order valence-corrected chi connectivity index (χ4v) is 2.51. The molecule has 2 aromatic carbocycles. The first-order valence-corrected chi connectivity index (χ1v) is 7.76. The molecule has 24 heavy (non-hydrogen) atoms. The Morgan fingerprint density at radius 2 is 1.33 bits per heavy atom. The molecule has 1 N–H and O–H groups in total. The fraction of sp³-hybridized carbons (Fsp3) is 0. The van der Waals surface area contributed by atoms with E-state index < -0.39 is 0 Å². The summed E-state index contributed by atoms with van der Waals surface area (Å²) < 4.78 is 5.37. The van der Waals surface area contributed by atoms with Gasteiger partial charge in [-0.1, -0.05) is 60.7 Å². The molecule has 0 aliphatic carbocycles. The van der Waals surface area contributed by atoms with E-state index in [1.165, 1.54) is 0 Å². The van der Waals surface area contributed by atoms with Gasteiger partial charge < -0.3 is 4.42 Å². The highest BCUT2D eigenvalue weighted by Crippen LogP contribution is 2.26. The molecule has 0 spiro atoms. The van der Waals surface area contributed by atoms with Crippen LogP contribution in [0.25, 0.3) is 34.2 Å². The third kappa shape index (κ3) is 2.87. The zero-order valence-corrected chi connectivity index (χ0v) is 13.3. The molecule has 0 aliphatic heterocycles. The van der Waals surface area contributed by atoms with Crippen LogP contribution in [0.4, 0.5) is 0 Å². The predicted octanol–water partition coefficient (Wildman–Crippen LogP) is 4.52. The Hall–Kier alpha value is -3.12. The minimum atomic E-state index is 0.194. The average molecular weight is 332 g/mol. The van der Waals surface area contributed by atoms with Crippen LogP contribution in [0.5, 0.6) is 0 Å². The molecule has 0 radical (unpaired) electrons. The zero-order valence-electron chi connectivity index (χ0n) is 12.5. The maximum atomic E-state index is 5.37. The van der Waals surface area contributed by atoms with Gasteiger partial charge in [-0.2, -0.15) is 0 Å². The monoisotopic (exact) mass is 332 g/mol. The van der Waals surface area contributed by atoms with Crippen LogP contribution < -0.4 is 0 Å². The summed E-state index contributed by atoms with van der Waals surface area (Å²) in [6.45, 7) is 0. The van der Waals surface area contributed by atoms with E-state index in [-0.39, 0.29) is 10.7 Å². The van der Waals surface area contributed by atoms with E-state index in [2.05, 4.69) is 20.2 Å². The number of nitrogens with one attached hydrogen (secondary N) is 1. The van der Waals surface area contributed by atoms with Gasteiger partial charge in [-0.15, -0.1) is 5.10 Å². The molecular formula is C18H12N4OS. The summed E-state index contributed by atoms with van der Waals surface area (Å²) in [4.78, 5) is 9.35. The van der Waals surface area contributed by atoms with Crippen LogP contribution in [0.2, 0.25) is 0 Å². The smallest absolute Gasteiger partial charge is 0.284 e. The lowest BCUT2D eigenvalue weighted by Crippen LogP contribution is -1.96. The second kappa shape index (κ2) is 6.17. The number of benzene rings is 2. The van der Waals surface area contributed by atoms with Gasteiger partial charge in [0.2, 0.25) is 5.82 Å². The minimum absolute atomic E-state index is 0.194. The standard InChI is InChI=1S/C18H12N4OS/c24-18-22-21-17(23-18)16-19-14(12-7-3-1-4-8-12)11-15(20-16)13-9-5-2-6-10-13/h1-11H,(H,22,24). The molecule has 0 atom stereocenters. The van der Waals surface area contributed by atoms with Gasteiger partial charge in [0.1, 0.15) is 0 Å². The Bertz CT molecular complexity index is 968. The minimum Gasteiger partial charge on any atom is -0.406 e. The summed E-state index contributed by atoms with van der Waals surface area (Å²) in [7, 11) is 0. The Morgan fingerprint density at radius 1 is 0.792 bits per heavy atom. The first kappa shape index (κ1) is 14.5. The number of aromatic amines is 1. The molecule has 0 amide bonds. The summed E-state index contributed by atoms with van der Waals surface area (Å²) in [6.07, 6.45) is 0. The van der Waals surface area contributed by atoms with Crippen LogP contribution in [-0.2, 0) is 0 Å². The van der Waals surface area contributed by atoms with Crippen LogP contribution >= 0.6 is 12.2 Å². The number of aromatic nitrogens is 4. The molecule has 5 nitrogen and oxygen atoms in total. The second-order valence-corrected chi connectivity index (χ2v) is 5.48. The van der Waals surface area contributed by atoms with E-state index >= 15 is 0 Å². The SMILES string of the molecule is S=c1[nH]nc(-c2nc(-c3ccccc3)cc(-c3ccccc3)n2)o1. The highest BCUT2D eigenvalue weighted by molar-refractivity contribution is 7.71. The van der Waals surface area contributed by atoms with E-state index in [4.69, 9.17) is 16.6 Å². The molecule has 4 rings (SSSR count). The highest BCUT2D eigenvalue weighted by atomic mass is 32.1. The first-order chi connectivity index (χ1) is 11.8. The van der Waals surface area contributed by atoms with E-state index in [1.54, 1.807) is 0 Å². The molecule has 2 heterocycles. The lowest BCUT2D eigenvalue weighted by Gasteiger charge is -2.07. The number of hydrogen-bond donors (Lipinski definition) is 1. The zero-order chi connectivity index (χ0) is 16.4. The van der Waals surface area contributed by atoms with Gasteiger partial charge in [0.05, 0.1) is 11.4 Å². The van der Waals surface area contributed by atoms with Crippen molar-refractivity contribution in [1.29, 1.82) is 0 Å². The largest absolute Gasteiger partial charge is 0.406 e. The molecule has 0 saturated carbocycles. The third-order valence-electron chi connectivity index (χ3n) is 3.49. The van der Waals surface area contributed by atoms with Gasteiger partial charge in [0.25, 0.3) is 10.7 Å². The van der Waals surface area contributed by atoms with E-state index in [0.29, 0.717) is 5.82 Å². The Kier molecular flexibility index (Phi) is 3.72. The summed E-state index contributed by atoms with van der Waals surface area (Å²) in [6, 6.07) is 21.8. The van der Waals surface area contributed by atoms with E-state index in [0.717, 1.165) is 22.5 Å². The van der Waals surface area contributed by atoms with Crippen molar-refractivity contribution in [3.63, 3.8) is 0 Å². The van der Waals surface area contributed by atoms with E-state index in [1.807, 2.05) is 66.7 Å². The molecule has 2 aromatic heterocycles. The van der Waals surface area contributed by atoms with Gasteiger partial charge in [-0.05, 0) is 18.3 Å². The van der Waals surface area contributed by atoms with Gasteiger partial charge >= 0.3 is 0 Å². The van der Waals surface area contributed by atoms with Crippen molar-refractivity contribution in [1.82, 2.24) is 20.2 Å². The molecule has 116 valence electrons. The fourth-order valence-electron chi connectivity index (χ4n) is 2.38. The molecule has 0 unspecified atom stereocenters. The molecule has 0 aliphatic rings. The van der Waals surface area contributed by atoms with Crippen molar-refractivity contribution in [3.05, 3.63) is 71.6 Å². The molecule has 4 aromatic rings. The third-order valence-corrected chi connectivity index (χ3v) is 3.67. The summed E-state index contributed by atoms with van der Waals surface area (Å²) in [5, 5.41) is 6.64. The van der Waals surface area contributed by atoms with Crippen molar-refractivity contribution in [2.45, 2.75) is 0 Å². The topological polar surface area (TPSA) is 67.6 Å². The van der Waals surface area contributed by atoms with Crippen LogP contribution in [0.3, 0.4) is 0 Å².